The first-order valence-corrected chi connectivity index (χ1v) is 12.5. The lowest BCUT2D eigenvalue weighted by Crippen LogP contribution is -2.52. The van der Waals surface area contributed by atoms with Crippen molar-refractivity contribution in [2.75, 3.05) is 13.7 Å². The molecule has 4 atom stereocenters. The summed E-state index contributed by atoms with van der Waals surface area (Å²) in [4.78, 5) is 32.7. The van der Waals surface area contributed by atoms with Gasteiger partial charge in [-0.15, -0.1) is 0 Å². The molecule has 1 aliphatic carbocycles. The molecular weight excluding hydrogens is 456 g/mol. The molecule has 0 aromatic heterocycles. The molecule has 0 radical (unpaired) electrons. The van der Waals surface area contributed by atoms with Gasteiger partial charge in [-0.3, -0.25) is 14.5 Å². The smallest absolute Gasteiger partial charge is 0.251 e. The number of aliphatic imine (C=N–C) groups is 1. The van der Waals surface area contributed by atoms with Crippen molar-refractivity contribution >= 4 is 17.8 Å². The van der Waals surface area contributed by atoms with E-state index in [1.165, 1.54) is 4.90 Å². The van der Waals surface area contributed by atoms with Crippen LogP contribution in [0.3, 0.4) is 0 Å². The van der Waals surface area contributed by atoms with E-state index in [-0.39, 0.29) is 24.2 Å². The molecule has 2 amide bonds. The number of methoxy groups -OCH3 is 1. The molecule has 1 aliphatic heterocycles. The van der Waals surface area contributed by atoms with Crippen molar-refractivity contribution < 1.29 is 19.4 Å². The number of benzene rings is 2. The molecule has 0 spiro atoms. The second-order valence-corrected chi connectivity index (χ2v) is 10.3. The van der Waals surface area contributed by atoms with Gasteiger partial charge in [0.1, 0.15) is 0 Å². The van der Waals surface area contributed by atoms with Gasteiger partial charge in [-0.05, 0) is 55.5 Å². The van der Waals surface area contributed by atoms with Crippen LogP contribution in [0.2, 0.25) is 0 Å². The number of carbonyl (C=O) groups is 2. The maximum Gasteiger partial charge on any atom is 0.251 e. The molecule has 0 bridgehead atoms. The summed E-state index contributed by atoms with van der Waals surface area (Å²) in [6, 6.07) is 14.0. The van der Waals surface area contributed by atoms with Crippen molar-refractivity contribution in [3.05, 3.63) is 70.8 Å². The van der Waals surface area contributed by atoms with Crippen LogP contribution < -0.4 is 11.1 Å². The third kappa shape index (κ3) is 5.01. The summed E-state index contributed by atoms with van der Waals surface area (Å²) in [5, 5.41) is 14.0. The highest BCUT2D eigenvalue weighted by molar-refractivity contribution is 5.99. The molecule has 2 aromatic carbocycles. The zero-order valence-corrected chi connectivity index (χ0v) is 21.5. The van der Waals surface area contributed by atoms with Crippen LogP contribution in [-0.2, 0) is 16.0 Å². The third-order valence-electron chi connectivity index (χ3n) is 7.45. The summed E-state index contributed by atoms with van der Waals surface area (Å²) in [6.45, 7) is 6.07. The SMILES string of the molecule is CCC1(C)CC(=O)N([C@H](CCOC)c2cccc(C(=O)N[C@@H]3c4ccccc4C[C@]3(C)O)c2)C(N)=N1. The highest BCUT2D eigenvalue weighted by atomic mass is 16.5. The Kier molecular flexibility index (Phi) is 7.20. The predicted molar refractivity (Wildman–Crippen MR) is 138 cm³/mol. The number of carbonyl (C=O) groups excluding carboxylic acids is 2. The number of hydrogen-bond acceptors (Lipinski definition) is 6. The molecule has 0 saturated carbocycles. The fourth-order valence-corrected chi connectivity index (χ4v) is 5.25. The molecule has 8 heteroatoms. The summed E-state index contributed by atoms with van der Waals surface area (Å²) in [5.41, 5.74) is 7.87. The van der Waals surface area contributed by atoms with Gasteiger partial charge in [0.15, 0.2) is 5.96 Å². The number of nitrogens with one attached hydrogen (secondary N) is 1. The fourth-order valence-electron chi connectivity index (χ4n) is 5.25. The molecule has 4 rings (SSSR count). The van der Waals surface area contributed by atoms with Crippen LogP contribution in [-0.4, -0.2) is 52.6 Å². The first kappa shape index (κ1) is 25.9. The van der Waals surface area contributed by atoms with Crippen molar-refractivity contribution in [3.63, 3.8) is 0 Å². The highest BCUT2D eigenvalue weighted by Gasteiger charge is 2.42. The molecule has 8 nitrogen and oxygen atoms in total. The number of nitrogens with zero attached hydrogens (tertiary/aromatic N) is 2. The number of hydrogen-bond donors (Lipinski definition) is 3. The normalized spacial score (nSPS) is 26.4. The van der Waals surface area contributed by atoms with E-state index in [0.717, 1.165) is 16.7 Å². The lowest BCUT2D eigenvalue weighted by molar-refractivity contribution is -0.131. The minimum Gasteiger partial charge on any atom is -0.387 e. The Hall–Kier alpha value is -3.23. The number of nitrogens with two attached hydrogens (primary N) is 1. The van der Waals surface area contributed by atoms with Crippen LogP contribution in [0.1, 0.15) is 79.2 Å². The molecular formula is C28H36N4O4. The van der Waals surface area contributed by atoms with E-state index in [4.69, 9.17) is 10.5 Å². The maximum atomic E-state index is 13.3. The number of rotatable bonds is 8. The minimum absolute atomic E-state index is 0.0959. The van der Waals surface area contributed by atoms with E-state index in [2.05, 4.69) is 10.3 Å². The first-order chi connectivity index (χ1) is 17.1. The molecule has 1 heterocycles. The topological polar surface area (TPSA) is 117 Å². The zero-order chi connectivity index (χ0) is 26.1. The summed E-state index contributed by atoms with van der Waals surface area (Å²) >= 11 is 0. The highest BCUT2D eigenvalue weighted by Crippen LogP contribution is 2.39. The Morgan fingerprint density at radius 1 is 1.25 bits per heavy atom. The molecule has 2 aromatic rings. The lowest BCUT2D eigenvalue weighted by atomic mass is 9.91. The number of fused-ring (bicyclic) bond motifs is 1. The molecule has 1 unspecified atom stereocenters. The van der Waals surface area contributed by atoms with Gasteiger partial charge in [0.05, 0.1) is 29.6 Å². The van der Waals surface area contributed by atoms with Gasteiger partial charge in [0.25, 0.3) is 5.91 Å². The molecule has 4 N–H and O–H groups in total. The molecule has 0 fully saturated rings. The predicted octanol–water partition coefficient (Wildman–Crippen LogP) is 3.26. The van der Waals surface area contributed by atoms with Gasteiger partial charge >= 0.3 is 0 Å². The Bertz CT molecular complexity index is 1180. The molecule has 2 aliphatic rings. The van der Waals surface area contributed by atoms with Crippen LogP contribution in [0.5, 0.6) is 0 Å². The zero-order valence-electron chi connectivity index (χ0n) is 21.5. The standard InChI is InChI=1S/C28H36N4O4/c1-5-27(2)17-23(33)32(26(29)31-27)22(13-14-36-4)18-10-8-11-19(15-18)25(34)30-24-21-12-7-6-9-20(21)16-28(24,3)35/h6-12,15,22,24,35H,5,13-14,16-17H2,1-4H3,(H2,29,31)(H,30,34)/t22-,24-,27?,28+/m1/s1. The molecule has 0 saturated heterocycles. The van der Waals surface area contributed by atoms with Gasteiger partial charge in [-0.25, -0.2) is 4.99 Å². The van der Waals surface area contributed by atoms with Crippen molar-refractivity contribution in [3.8, 4) is 0 Å². The second kappa shape index (κ2) is 10.0. The van der Waals surface area contributed by atoms with Crippen LogP contribution >= 0.6 is 0 Å². The number of aliphatic hydroxyl groups is 1. The lowest BCUT2D eigenvalue weighted by Gasteiger charge is -2.39. The Morgan fingerprint density at radius 3 is 2.69 bits per heavy atom. The van der Waals surface area contributed by atoms with Crippen molar-refractivity contribution in [1.82, 2.24) is 10.2 Å². The van der Waals surface area contributed by atoms with Crippen molar-refractivity contribution in [2.45, 2.75) is 69.7 Å². The van der Waals surface area contributed by atoms with Gasteiger partial charge in [0.2, 0.25) is 5.91 Å². The van der Waals surface area contributed by atoms with Gasteiger partial charge in [-0.1, -0.05) is 43.3 Å². The second-order valence-electron chi connectivity index (χ2n) is 10.3. The van der Waals surface area contributed by atoms with Crippen LogP contribution in [0.15, 0.2) is 53.5 Å². The quantitative estimate of drug-likeness (QED) is 0.523. The van der Waals surface area contributed by atoms with Gasteiger partial charge in [-0.2, -0.15) is 0 Å². The average molecular weight is 493 g/mol. The first-order valence-electron chi connectivity index (χ1n) is 12.5. The molecule has 36 heavy (non-hydrogen) atoms. The summed E-state index contributed by atoms with van der Waals surface area (Å²) in [5.74, 6) is -0.207. The maximum absolute atomic E-state index is 13.3. The number of guanidine groups is 1. The van der Waals surface area contributed by atoms with E-state index in [1.807, 2.05) is 44.2 Å². The van der Waals surface area contributed by atoms with Crippen LogP contribution in [0.4, 0.5) is 0 Å². The number of amides is 2. The van der Waals surface area contributed by atoms with E-state index >= 15 is 0 Å². The monoisotopic (exact) mass is 492 g/mol. The Labute approximate surface area is 212 Å². The summed E-state index contributed by atoms with van der Waals surface area (Å²) in [7, 11) is 1.61. The fraction of sp³-hybridized carbons (Fsp3) is 0.464. The van der Waals surface area contributed by atoms with E-state index in [1.54, 1.807) is 32.2 Å². The Morgan fingerprint density at radius 2 is 2.00 bits per heavy atom. The summed E-state index contributed by atoms with van der Waals surface area (Å²) < 4.78 is 5.31. The van der Waals surface area contributed by atoms with Crippen LogP contribution in [0.25, 0.3) is 0 Å². The Balaban J connectivity index is 1.62. The van der Waals surface area contributed by atoms with Crippen molar-refractivity contribution in [1.29, 1.82) is 0 Å². The van der Waals surface area contributed by atoms with E-state index in [9.17, 15) is 14.7 Å². The summed E-state index contributed by atoms with van der Waals surface area (Å²) in [6.07, 6.45) is 1.94. The minimum atomic E-state index is -1.09. The van der Waals surface area contributed by atoms with E-state index in [0.29, 0.717) is 31.4 Å². The van der Waals surface area contributed by atoms with Gasteiger partial charge in [0, 0.05) is 25.7 Å². The average Bonchev–Trinajstić information content (AvgIpc) is 3.10. The van der Waals surface area contributed by atoms with Crippen molar-refractivity contribution in [2.24, 2.45) is 10.7 Å². The number of ether oxygens (including phenoxy) is 1. The molecule has 192 valence electrons. The largest absolute Gasteiger partial charge is 0.387 e. The third-order valence-corrected chi connectivity index (χ3v) is 7.45. The van der Waals surface area contributed by atoms with E-state index < -0.39 is 23.2 Å². The van der Waals surface area contributed by atoms with Gasteiger partial charge < -0.3 is 20.9 Å². The van der Waals surface area contributed by atoms with Crippen LogP contribution in [0, 0.1) is 0 Å².